The molecular formula is C12H21NS2. The van der Waals surface area contributed by atoms with Gasteiger partial charge < -0.3 is 5.73 Å². The third-order valence-corrected chi connectivity index (χ3v) is 4.99. The van der Waals surface area contributed by atoms with Gasteiger partial charge in [0.1, 0.15) is 0 Å². The van der Waals surface area contributed by atoms with Gasteiger partial charge in [-0.05, 0) is 30.7 Å². The molecule has 0 fully saturated rings. The molecule has 1 rings (SSSR count). The van der Waals surface area contributed by atoms with Crippen molar-refractivity contribution in [2.75, 3.05) is 0 Å². The van der Waals surface area contributed by atoms with E-state index in [1.807, 2.05) is 23.1 Å². The fourth-order valence-corrected chi connectivity index (χ4v) is 3.93. The van der Waals surface area contributed by atoms with Crippen LogP contribution in [0.4, 0.5) is 0 Å². The fourth-order valence-electron chi connectivity index (χ4n) is 1.49. The summed E-state index contributed by atoms with van der Waals surface area (Å²) in [5, 5.41) is 1.10. The zero-order valence-corrected chi connectivity index (χ0v) is 11.6. The number of rotatable bonds is 5. The van der Waals surface area contributed by atoms with E-state index >= 15 is 0 Å². The van der Waals surface area contributed by atoms with Crippen molar-refractivity contribution in [2.24, 2.45) is 5.73 Å². The van der Waals surface area contributed by atoms with Crippen LogP contribution in [0.3, 0.4) is 0 Å². The van der Waals surface area contributed by atoms with E-state index in [-0.39, 0.29) is 6.04 Å². The van der Waals surface area contributed by atoms with Crippen LogP contribution in [0, 0.1) is 6.92 Å². The molecule has 0 radical (unpaired) electrons. The van der Waals surface area contributed by atoms with Gasteiger partial charge in [-0.2, -0.15) is 0 Å². The van der Waals surface area contributed by atoms with Crippen molar-refractivity contribution in [3.8, 4) is 0 Å². The van der Waals surface area contributed by atoms with Gasteiger partial charge in [0, 0.05) is 15.8 Å². The summed E-state index contributed by atoms with van der Waals surface area (Å²) in [5.41, 5.74) is 6.19. The smallest absolute Gasteiger partial charge is 0.0544 e. The molecule has 0 saturated heterocycles. The van der Waals surface area contributed by atoms with Gasteiger partial charge in [0.15, 0.2) is 0 Å². The van der Waals surface area contributed by atoms with Crippen LogP contribution >= 0.6 is 23.1 Å². The summed E-state index contributed by atoms with van der Waals surface area (Å²) in [6.45, 7) is 8.79. The first-order valence-electron chi connectivity index (χ1n) is 5.52. The molecule has 0 bridgehead atoms. The summed E-state index contributed by atoms with van der Waals surface area (Å²) in [6.07, 6.45) is 1.04. The van der Waals surface area contributed by atoms with Gasteiger partial charge in [0.2, 0.25) is 0 Å². The first kappa shape index (κ1) is 13.1. The van der Waals surface area contributed by atoms with Crippen LogP contribution < -0.4 is 5.73 Å². The van der Waals surface area contributed by atoms with Crippen molar-refractivity contribution in [3.63, 3.8) is 0 Å². The first-order valence-corrected chi connectivity index (χ1v) is 7.28. The molecule has 0 aliphatic rings. The number of nitrogens with two attached hydrogens (primary N) is 1. The van der Waals surface area contributed by atoms with Crippen LogP contribution in [0.1, 0.15) is 42.2 Å². The van der Waals surface area contributed by atoms with E-state index in [1.165, 1.54) is 9.75 Å². The standard InChI is InChI=1S/C12H21NS2/c1-5-10(13)12(14-8(2)3)11-7-6-9(4)15-11/h6-8,10,12H,5,13H2,1-4H3. The van der Waals surface area contributed by atoms with Gasteiger partial charge in [-0.3, -0.25) is 0 Å². The van der Waals surface area contributed by atoms with Crippen LogP contribution in [0.25, 0.3) is 0 Å². The first-order chi connectivity index (χ1) is 7.04. The predicted octanol–water partition coefficient (Wildman–Crippen LogP) is 3.98. The maximum atomic E-state index is 6.19. The average Bonchev–Trinajstić information content (AvgIpc) is 2.59. The molecule has 2 unspecified atom stereocenters. The molecule has 86 valence electrons. The van der Waals surface area contributed by atoms with Gasteiger partial charge in [-0.25, -0.2) is 0 Å². The molecule has 0 spiro atoms. The highest BCUT2D eigenvalue weighted by atomic mass is 32.2. The Morgan fingerprint density at radius 2 is 2.07 bits per heavy atom. The Morgan fingerprint density at radius 3 is 2.47 bits per heavy atom. The molecule has 0 aromatic carbocycles. The van der Waals surface area contributed by atoms with Gasteiger partial charge in [0.05, 0.1) is 5.25 Å². The van der Waals surface area contributed by atoms with Crippen LogP contribution in [-0.2, 0) is 0 Å². The summed E-state index contributed by atoms with van der Waals surface area (Å²) in [6, 6.07) is 4.70. The van der Waals surface area contributed by atoms with E-state index in [2.05, 4.69) is 39.8 Å². The lowest BCUT2D eigenvalue weighted by Gasteiger charge is -2.23. The minimum atomic E-state index is 0.274. The van der Waals surface area contributed by atoms with E-state index in [0.717, 1.165) is 6.42 Å². The molecule has 1 aromatic rings. The quantitative estimate of drug-likeness (QED) is 0.846. The monoisotopic (exact) mass is 243 g/mol. The zero-order valence-electron chi connectivity index (χ0n) is 9.99. The predicted molar refractivity (Wildman–Crippen MR) is 72.8 cm³/mol. The minimum absolute atomic E-state index is 0.274. The SMILES string of the molecule is CCC(N)C(SC(C)C)c1ccc(C)s1. The Hall–Kier alpha value is 0.01000. The van der Waals surface area contributed by atoms with Crippen molar-refractivity contribution >= 4 is 23.1 Å². The lowest BCUT2D eigenvalue weighted by atomic mass is 10.1. The lowest BCUT2D eigenvalue weighted by Crippen LogP contribution is -2.26. The summed E-state index contributed by atoms with van der Waals surface area (Å²) in [4.78, 5) is 2.81. The topological polar surface area (TPSA) is 26.0 Å². The zero-order chi connectivity index (χ0) is 11.4. The minimum Gasteiger partial charge on any atom is -0.326 e. The molecule has 0 amide bonds. The number of aryl methyl sites for hydroxylation is 1. The summed E-state index contributed by atoms with van der Waals surface area (Å²) in [7, 11) is 0. The van der Waals surface area contributed by atoms with Crippen molar-refractivity contribution < 1.29 is 0 Å². The lowest BCUT2D eigenvalue weighted by molar-refractivity contribution is 0.638. The molecule has 0 aliphatic carbocycles. The Labute approximate surface area is 101 Å². The van der Waals surface area contributed by atoms with Gasteiger partial charge >= 0.3 is 0 Å². The Kier molecular flexibility index (Phi) is 5.16. The summed E-state index contributed by atoms with van der Waals surface area (Å²) >= 11 is 3.86. The molecular weight excluding hydrogens is 222 g/mol. The van der Waals surface area contributed by atoms with Gasteiger partial charge in [0.25, 0.3) is 0 Å². The second-order valence-electron chi connectivity index (χ2n) is 4.13. The van der Waals surface area contributed by atoms with Crippen molar-refractivity contribution in [1.82, 2.24) is 0 Å². The van der Waals surface area contributed by atoms with Crippen LogP contribution in [0.2, 0.25) is 0 Å². The highest BCUT2D eigenvalue weighted by Crippen LogP contribution is 2.38. The number of thioether (sulfide) groups is 1. The van der Waals surface area contributed by atoms with E-state index in [9.17, 15) is 0 Å². The van der Waals surface area contributed by atoms with E-state index in [0.29, 0.717) is 10.5 Å². The number of hydrogen-bond acceptors (Lipinski definition) is 3. The normalized spacial score (nSPS) is 15.6. The third kappa shape index (κ3) is 3.82. The Balaban J connectivity index is 2.80. The maximum Gasteiger partial charge on any atom is 0.0544 e. The molecule has 2 N–H and O–H groups in total. The van der Waals surface area contributed by atoms with E-state index < -0.39 is 0 Å². The Bertz CT molecular complexity index is 294. The molecule has 2 atom stereocenters. The second-order valence-corrected chi connectivity index (χ2v) is 7.17. The summed E-state index contributed by atoms with van der Waals surface area (Å²) in [5.74, 6) is 0. The average molecular weight is 243 g/mol. The van der Waals surface area contributed by atoms with Crippen molar-refractivity contribution in [3.05, 3.63) is 21.9 Å². The van der Waals surface area contributed by atoms with Crippen LogP contribution in [0.5, 0.6) is 0 Å². The van der Waals surface area contributed by atoms with Crippen molar-refractivity contribution in [1.29, 1.82) is 0 Å². The highest BCUT2D eigenvalue weighted by Gasteiger charge is 2.21. The molecule has 0 aliphatic heterocycles. The fraction of sp³-hybridized carbons (Fsp3) is 0.667. The number of thiophene rings is 1. The highest BCUT2D eigenvalue weighted by molar-refractivity contribution is 8.00. The Morgan fingerprint density at radius 1 is 1.40 bits per heavy atom. The third-order valence-electron chi connectivity index (χ3n) is 2.32. The molecule has 1 nitrogen and oxygen atoms in total. The van der Waals surface area contributed by atoms with Crippen LogP contribution in [-0.4, -0.2) is 11.3 Å². The van der Waals surface area contributed by atoms with E-state index in [4.69, 9.17) is 5.73 Å². The van der Waals surface area contributed by atoms with Gasteiger partial charge in [-0.1, -0.05) is 20.8 Å². The maximum absolute atomic E-state index is 6.19. The molecule has 0 saturated carbocycles. The largest absolute Gasteiger partial charge is 0.326 e. The van der Waals surface area contributed by atoms with Gasteiger partial charge in [-0.15, -0.1) is 23.1 Å². The molecule has 1 aromatic heterocycles. The van der Waals surface area contributed by atoms with E-state index in [1.54, 1.807) is 0 Å². The summed E-state index contributed by atoms with van der Waals surface area (Å²) < 4.78 is 0. The molecule has 15 heavy (non-hydrogen) atoms. The second kappa shape index (κ2) is 5.92. The van der Waals surface area contributed by atoms with Crippen LogP contribution in [0.15, 0.2) is 12.1 Å². The molecule has 3 heteroatoms. The molecule has 1 heterocycles. The number of hydrogen-bond donors (Lipinski definition) is 1. The van der Waals surface area contributed by atoms with Crippen molar-refractivity contribution in [2.45, 2.75) is 50.7 Å².